The lowest BCUT2D eigenvalue weighted by Crippen LogP contribution is -2.06. The maximum Gasteiger partial charge on any atom is 0.119 e. The van der Waals surface area contributed by atoms with Crippen molar-refractivity contribution in [3.05, 3.63) is 47.8 Å². The standard InChI is InChI=1S/C14H18N2O2/c1-11(17)12-4-3-5-14(10-12)18-9-7-13-6-8-15-16(13)2/h3-6,8,10-11,17H,7,9H2,1-2H3/t11-/m1/s1. The number of aliphatic hydroxyl groups is 1. The molecule has 0 saturated carbocycles. The summed E-state index contributed by atoms with van der Waals surface area (Å²) in [5.74, 6) is 0.788. The maximum atomic E-state index is 9.49. The predicted octanol–water partition coefficient (Wildman–Crippen LogP) is 2.09. The zero-order chi connectivity index (χ0) is 13.0. The summed E-state index contributed by atoms with van der Waals surface area (Å²) in [7, 11) is 1.92. The average Bonchev–Trinajstić information content (AvgIpc) is 2.76. The Hall–Kier alpha value is -1.81. The first-order valence-corrected chi connectivity index (χ1v) is 6.04. The molecule has 0 aliphatic carbocycles. The smallest absolute Gasteiger partial charge is 0.119 e. The van der Waals surface area contributed by atoms with Crippen molar-refractivity contribution >= 4 is 0 Å². The van der Waals surface area contributed by atoms with Gasteiger partial charge in [0.15, 0.2) is 0 Å². The van der Waals surface area contributed by atoms with Gasteiger partial charge in [-0.05, 0) is 30.7 Å². The number of aromatic nitrogens is 2. The minimum atomic E-state index is -0.467. The van der Waals surface area contributed by atoms with Crippen molar-refractivity contribution in [2.75, 3.05) is 6.61 Å². The van der Waals surface area contributed by atoms with Crippen molar-refractivity contribution in [3.63, 3.8) is 0 Å². The first-order chi connectivity index (χ1) is 8.66. The van der Waals surface area contributed by atoms with Gasteiger partial charge >= 0.3 is 0 Å². The number of nitrogens with zero attached hydrogens (tertiary/aromatic N) is 2. The molecule has 2 aromatic rings. The molecule has 0 aliphatic heterocycles. The Kier molecular flexibility index (Phi) is 3.99. The second-order valence-corrected chi connectivity index (χ2v) is 4.29. The second kappa shape index (κ2) is 5.69. The number of ether oxygens (including phenoxy) is 1. The van der Waals surface area contributed by atoms with E-state index in [1.54, 1.807) is 13.1 Å². The van der Waals surface area contributed by atoms with Gasteiger partial charge in [0.25, 0.3) is 0 Å². The van der Waals surface area contributed by atoms with Crippen LogP contribution in [0.25, 0.3) is 0 Å². The number of aliphatic hydroxyl groups excluding tert-OH is 1. The topological polar surface area (TPSA) is 47.3 Å². The maximum absolute atomic E-state index is 9.49. The SMILES string of the molecule is C[C@@H](O)c1cccc(OCCc2ccnn2C)c1. The van der Waals surface area contributed by atoms with Crippen LogP contribution in [0.1, 0.15) is 24.3 Å². The number of benzene rings is 1. The largest absolute Gasteiger partial charge is 0.493 e. The van der Waals surface area contributed by atoms with Gasteiger partial charge in [-0.2, -0.15) is 5.10 Å². The van der Waals surface area contributed by atoms with Gasteiger partial charge in [0.2, 0.25) is 0 Å². The molecule has 4 nitrogen and oxygen atoms in total. The monoisotopic (exact) mass is 246 g/mol. The molecule has 0 saturated heterocycles. The number of hydrogen-bond donors (Lipinski definition) is 1. The average molecular weight is 246 g/mol. The Morgan fingerprint density at radius 1 is 1.39 bits per heavy atom. The molecule has 1 aromatic heterocycles. The number of hydrogen-bond acceptors (Lipinski definition) is 3. The highest BCUT2D eigenvalue weighted by Gasteiger charge is 2.03. The Morgan fingerprint density at radius 3 is 2.89 bits per heavy atom. The molecule has 4 heteroatoms. The molecule has 1 aromatic carbocycles. The molecule has 2 rings (SSSR count). The molecule has 0 unspecified atom stereocenters. The molecule has 1 heterocycles. The van der Waals surface area contributed by atoms with E-state index in [4.69, 9.17) is 4.74 Å². The van der Waals surface area contributed by atoms with Gasteiger partial charge in [0.1, 0.15) is 5.75 Å². The molecule has 1 N–H and O–H groups in total. The van der Waals surface area contributed by atoms with E-state index < -0.39 is 6.10 Å². The molecule has 0 amide bonds. The molecular formula is C14H18N2O2. The fourth-order valence-corrected chi connectivity index (χ4v) is 1.78. The van der Waals surface area contributed by atoms with Gasteiger partial charge in [-0.15, -0.1) is 0 Å². The Labute approximate surface area is 107 Å². The molecule has 0 aliphatic rings. The van der Waals surface area contributed by atoms with Crippen LogP contribution in [0.2, 0.25) is 0 Å². The molecule has 18 heavy (non-hydrogen) atoms. The fraction of sp³-hybridized carbons (Fsp3) is 0.357. The van der Waals surface area contributed by atoms with Crippen molar-refractivity contribution in [1.29, 1.82) is 0 Å². The molecular weight excluding hydrogens is 228 g/mol. The Bertz CT molecular complexity index is 506. The van der Waals surface area contributed by atoms with E-state index in [-0.39, 0.29) is 0 Å². The normalized spacial score (nSPS) is 12.4. The molecule has 96 valence electrons. The lowest BCUT2D eigenvalue weighted by atomic mass is 10.1. The highest BCUT2D eigenvalue weighted by Crippen LogP contribution is 2.18. The zero-order valence-corrected chi connectivity index (χ0v) is 10.7. The lowest BCUT2D eigenvalue weighted by Gasteiger charge is -2.09. The van der Waals surface area contributed by atoms with Gasteiger partial charge < -0.3 is 9.84 Å². The third-order valence-electron chi connectivity index (χ3n) is 2.89. The summed E-state index contributed by atoms with van der Waals surface area (Å²) < 4.78 is 7.52. The second-order valence-electron chi connectivity index (χ2n) is 4.29. The summed E-state index contributed by atoms with van der Waals surface area (Å²) in [6.45, 7) is 2.34. The Balaban J connectivity index is 1.90. The molecule has 0 bridgehead atoms. The first kappa shape index (κ1) is 12.6. The van der Waals surface area contributed by atoms with Crippen molar-refractivity contribution in [1.82, 2.24) is 9.78 Å². The van der Waals surface area contributed by atoms with E-state index in [2.05, 4.69) is 5.10 Å². The van der Waals surface area contributed by atoms with Crippen molar-refractivity contribution < 1.29 is 9.84 Å². The summed E-state index contributed by atoms with van der Waals surface area (Å²) >= 11 is 0. The summed E-state index contributed by atoms with van der Waals surface area (Å²) in [5.41, 5.74) is 2.01. The number of rotatable bonds is 5. The van der Waals surface area contributed by atoms with Gasteiger partial charge in [-0.3, -0.25) is 4.68 Å². The van der Waals surface area contributed by atoms with Gasteiger partial charge in [-0.25, -0.2) is 0 Å². The van der Waals surface area contributed by atoms with Gasteiger partial charge in [0.05, 0.1) is 12.7 Å². The van der Waals surface area contributed by atoms with Crippen LogP contribution in [-0.2, 0) is 13.5 Å². The predicted molar refractivity (Wildman–Crippen MR) is 69.5 cm³/mol. The van der Waals surface area contributed by atoms with E-state index in [0.29, 0.717) is 6.61 Å². The van der Waals surface area contributed by atoms with Crippen LogP contribution in [0.3, 0.4) is 0 Å². The van der Waals surface area contributed by atoms with Crippen LogP contribution in [0, 0.1) is 0 Å². The van der Waals surface area contributed by atoms with Gasteiger partial charge in [-0.1, -0.05) is 12.1 Å². The summed E-state index contributed by atoms with van der Waals surface area (Å²) in [6, 6.07) is 9.53. The quantitative estimate of drug-likeness (QED) is 0.878. The van der Waals surface area contributed by atoms with E-state index in [0.717, 1.165) is 23.4 Å². The van der Waals surface area contributed by atoms with Crippen LogP contribution in [-0.4, -0.2) is 21.5 Å². The van der Waals surface area contributed by atoms with E-state index >= 15 is 0 Å². The molecule has 0 fully saturated rings. The van der Waals surface area contributed by atoms with Crippen LogP contribution < -0.4 is 4.74 Å². The highest BCUT2D eigenvalue weighted by molar-refractivity contribution is 5.29. The van der Waals surface area contributed by atoms with E-state index in [9.17, 15) is 5.11 Å². The molecule has 0 spiro atoms. The van der Waals surface area contributed by atoms with Crippen LogP contribution >= 0.6 is 0 Å². The van der Waals surface area contributed by atoms with E-state index in [1.807, 2.05) is 42.1 Å². The summed E-state index contributed by atoms with van der Waals surface area (Å²) in [4.78, 5) is 0. The summed E-state index contributed by atoms with van der Waals surface area (Å²) in [5, 5.41) is 13.6. The lowest BCUT2D eigenvalue weighted by molar-refractivity contribution is 0.198. The van der Waals surface area contributed by atoms with Crippen molar-refractivity contribution in [2.24, 2.45) is 7.05 Å². The Morgan fingerprint density at radius 2 is 2.22 bits per heavy atom. The summed E-state index contributed by atoms with van der Waals surface area (Å²) in [6.07, 6.45) is 2.13. The molecule has 0 radical (unpaired) electrons. The number of aryl methyl sites for hydroxylation is 1. The minimum Gasteiger partial charge on any atom is -0.493 e. The van der Waals surface area contributed by atoms with Crippen molar-refractivity contribution in [2.45, 2.75) is 19.4 Å². The highest BCUT2D eigenvalue weighted by atomic mass is 16.5. The van der Waals surface area contributed by atoms with Crippen molar-refractivity contribution in [3.8, 4) is 5.75 Å². The minimum absolute atomic E-state index is 0.467. The van der Waals surface area contributed by atoms with E-state index in [1.165, 1.54) is 0 Å². The van der Waals surface area contributed by atoms with Crippen LogP contribution in [0.4, 0.5) is 0 Å². The fourth-order valence-electron chi connectivity index (χ4n) is 1.78. The molecule has 1 atom stereocenters. The zero-order valence-electron chi connectivity index (χ0n) is 10.7. The van der Waals surface area contributed by atoms with Gasteiger partial charge in [0, 0.05) is 25.4 Å². The van der Waals surface area contributed by atoms with Crippen LogP contribution in [0.5, 0.6) is 5.75 Å². The van der Waals surface area contributed by atoms with Crippen LogP contribution in [0.15, 0.2) is 36.5 Å². The third-order valence-corrected chi connectivity index (χ3v) is 2.89. The third kappa shape index (κ3) is 3.11. The first-order valence-electron chi connectivity index (χ1n) is 6.04.